The van der Waals surface area contributed by atoms with Crippen molar-refractivity contribution in [3.8, 4) is 5.75 Å². The van der Waals surface area contributed by atoms with Crippen molar-refractivity contribution < 1.29 is 14.4 Å². The van der Waals surface area contributed by atoms with E-state index in [-0.39, 0.29) is 11.5 Å². The summed E-state index contributed by atoms with van der Waals surface area (Å²) < 4.78 is 5.23. The lowest BCUT2D eigenvalue weighted by Crippen LogP contribution is -2.47. The van der Waals surface area contributed by atoms with Crippen LogP contribution in [0.25, 0.3) is 0 Å². The van der Waals surface area contributed by atoms with Crippen LogP contribution in [0.15, 0.2) is 29.4 Å². The van der Waals surface area contributed by atoms with Crippen molar-refractivity contribution in [2.45, 2.75) is 43.9 Å². The summed E-state index contributed by atoms with van der Waals surface area (Å²) in [4.78, 5) is 25.4. The molecule has 3 heterocycles. The number of ether oxygens (including phenoxy) is 1. The second kappa shape index (κ2) is 8.32. The van der Waals surface area contributed by atoms with Crippen molar-refractivity contribution in [2.75, 3.05) is 47.4 Å². The van der Waals surface area contributed by atoms with Gasteiger partial charge in [-0.2, -0.15) is 0 Å². The number of nitrogens with zero attached hydrogens (tertiary/aromatic N) is 4. The van der Waals surface area contributed by atoms with Crippen LogP contribution in [0.2, 0.25) is 0 Å². The monoisotopic (exact) mass is 400 g/mol. The third-order valence-corrected chi connectivity index (χ3v) is 6.53. The SMILES string of the molecule is COc1ccc(CN2CC[C@@]3(CC(C(=O)N4CCC(N(C)C)CC4)=NO3)C2)cc1. The van der Waals surface area contributed by atoms with E-state index < -0.39 is 0 Å². The van der Waals surface area contributed by atoms with Gasteiger partial charge in [-0.1, -0.05) is 17.3 Å². The fourth-order valence-electron chi connectivity index (χ4n) is 4.67. The molecule has 0 unspecified atom stereocenters. The molecule has 1 aromatic carbocycles. The van der Waals surface area contributed by atoms with Crippen LogP contribution in [0.3, 0.4) is 0 Å². The molecule has 1 aromatic rings. The van der Waals surface area contributed by atoms with E-state index in [9.17, 15) is 4.79 Å². The van der Waals surface area contributed by atoms with Gasteiger partial charge in [-0.05, 0) is 44.6 Å². The molecule has 3 aliphatic heterocycles. The molecule has 7 heteroatoms. The number of amides is 1. The molecule has 1 amide bonds. The largest absolute Gasteiger partial charge is 0.497 e. The lowest BCUT2D eigenvalue weighted by atomic mass is 9.95. The van der Waals surface area contributed by atoms with Crippen LogP contribution in [0.5, 0.6) is 5.75 Å². The van der Waals surface area contributed by atoms with E-state index in [1.165, 1.54) is 5.56 Å². The lowest BCUT2D eigenvalue weighted by molar-refractivity contribution is -0.125. The van der Waals surface area contributed by atoms with Gasteiger partial charge < -0.3 is 19.4 Å². The molecule has 3 aliphatic rings. The van der Waals surface area contributed by atoms with Crippen molar-refractivity contribution in [3.63, 3.8) is 0 Å². The predicted molar refractivity (Wildman–Crippen MR) is 112 cm³/mol. The van der Waals surface area contributed by atoms with Crippen molar-refractivity contribution >= 4 is 11.6 Å². The maximum Gasteiger partial charge on any atom is 0.271 e. The van der Waals surface area contributed by atoms with Crippen LogP contribution in [0, 0.1) is 0 Å². The van der Waals surface area contributed by atoms with Crippen LogP contribution in [-0.4, -0.2) is 85.3 Å². The Morgan fingerprint density at radius 3 is 2.62 bits per heavy atom. The molecular weight excluding hydrogens is 368 g/mol. The van der Waals surface area contributed by atoms with Crippen molar-refractivity contribution in [3.05, 3.63) is 29.8 Å². The number of hydrogen-bond donors (Lipinski definition) is 0. The number of carbonyl (C=O) groups is 1. The highest BCUT2D eigenvalue weighted by Crippen LogP contribution is 2.35. The average molecular weight is 401 g/mol. The van der Waals surface area contributed by atoms with E-state index >= 15 is 0 Å². The van der Waals surface area contributed by atoms with Crippen molar-refractivity contribution in [1.29, 1.82) is 0 Å². The normalized spacial score (nSPS) is 25.5. The van der Waals surface area contributed by atoms with E-state index in [4.69, 9.17) is 9.57 Å². The minimum Gasteiger partial charge on any atom is -0.497 e. The van der Waals surface area contributed by atoms with E-state index in [1.807, 2.05) is 17.0 Å². The first-order valence-corrected chi connectivity index (χ1v) is 10.5. The van der Waals surface area contributed by atoms with E-state index in [1.54, 1.807) is 7.11 Å². The maximum atomic E-state index is 12.9. The highest BCUT2D eigenvalue weighted by atomic mass is 16.7. The highest BCUT2D eigenvalue weighted by molar-refractivity contribution is 6.39. The van der Waals surface area contributed by atoms with Gasteiger partial charge >= 0.3 is 0 Å². The van der Waals surface area contributed by atoms with Gasteiger partial charge in [-0.25, -0.2) is 0 Å². The Morgan fingerprint density at radius 2 is 1.97 bits per heavy atom. The summed E-state index contributed by atoms with van der Waals surface area (Å²) in [6.07, 6.45) is 3.58. The number of piperidine rings is 1. The molecule has 1 atom stereocenters. The Bertz CT molecular complexity index is 756. The molecule has 29 heavy (non-hydrogen) atoms. The average Bonchev–Trinajstić information content (AvgIpc) is 3.34. The van der Waals surface area contributed by atoms with Gasteiger partial charge in [0.25, 0.3) is 5.91 Å². The number of methoxy groups -OCH3 is 1. The molecule has 1 spiro atoms. The van der Waals surface area contributed by atoms with E-state index in [0.29, 0.717) is 18.2 Å². The Kier molecular flexibility index (Phi) is 5.79. The lowest BCUT2D eigenvalue weighted by Gasteiger charge is -2.35. The van der Waals surface area contributed by atoms with E-state index in [2.05, 4.69) is 41.2 Å². The van der Waals surface area contributed by atoms with E-state index in [0.717, 1.165) is 57.7 Å². The van der Waals surface area contributed by atoms with Gasteiger partial charge in [0.15, 0.2) is 5.60 Å². The molecule has 0 radical (unpaired) electrons. The molecule has 158 valence electrons. The van der Waals surface area contributed by atoms with Crippen molar-refractivity contribution in [2.24, 2.45) is 5.16 Å². The molecule has 0 bridgehead atoms. The highest BCUT2D eigenvalue weighted by Gasteiger charge is 2.47. The molecule has 0 aromatic heterocycles. The second-order valence-corrected chi connectivity index (χ2v) is 8.78. The van der Waals surface area contributed by atoms with Crippen LogP contribution < -0.4 is 4.74 Å². The fourth-order valence-corrected chi connectivity index (χ4v) is 4.67. The quantitative estimate of drug-likeness (QED) is 0.756. The second-order valence-electron chi connectivity index (χ2n) is 8.78. The Labute approximate surface area is 173 Å². The van der Waals surface area contributed by atoms with Gasteiger partial charge in [0.1, 0.15) is 11.5 Å². The zero-order chi connectivity index (χ0) is 20.4. The molecule has 2 saturated heterocycles. The molecule has 7 nitrogen and oxygen atoms in total. The van der Waals surface area contributed by atoms with Crippen LogP contribution in [0.1, 0.15) is 31.2 Å². The third-order valence-electron chi connectivity index (χ3n) is 6.53. The molecule has 2 fully saturated rings. The summed E-state index contributed by atoms with van der Waals surface area (Å²) >= 11 is 0. The third kappa shape index (κ3) is 4.41. The molecule has 0 saturated carbocycles. The Balaban J connectivity index is 1.29. The number of oxime groups is 1. The van der Waals surface area contributed by atoms with Crippen LogP contribution >= 0.6 is 0 Å². The minimum atomic E-state index is -0.334. The standard InChI is InChI=1S/C22H32N4O3/c1-24(2)18-8-11-26(12-9-18)21(27)20-14-22(29-23-20)10-13-25(16-22)15-17-4-6-19(28-3)7-5-17/h4-7,18H,8-16H2,1-3H3/t22-/m1/s1. The van der Waals surface area contributed by atoms with Gasteiger partial charge in [0, 0.05) is 51.6 Å². The number of hydrogen-bond acceptors (Lipinski definition) is 6. The van der Waals surface area contributed by atoms with Crippen LogP contribution in [0.4, 0.5) is 0 Å². The number of benzene rings is 1. The number of rotatable bonds is 5. The summed E-state index contributed by atoms with van der Waals surface area (Å²) in [5.41, 5.74) is 1.51. The zero-order valence-corrected chi connectivity index (χ0v) is 17.8. The maximum absolute atomic E-state index is 12.9. The fraction of sp³-hybridized carbons (Fsp3) is 0.636. The predicted octanol–water partition coefficient (Wildman–Crippen LogP) is 1.97. The summed E-state index contributed by atoms with van der Waals surface area (Å²) in [5, 5.41) is 4.24. The van der Waals surface area contributed by atoms with Crippen LogP contribution in [-0.2, 0) is 16.2 Å². The molecule has 0 N–H and O–H groups in total. The summed E-state index contributed by atoms with van der Waals surface area (Å²) in [6.45, 7) is 4.24. The van der Waals surface area contributed by atoms with Gasteiger partial charge in [-0.3, -0.25) is 9.69 Å². The zero-order valence-electron chi connectivity index (χ0n) is 17.8. The van der Waals surface area contributed by atoms with Gasteiger partial charge in [0.2, 0.25) is 0 Å². The number of likely N-dealkylation sites (tertiary alicyclic amines) is 2. The summed E-state index contributed by atoms with van der Waals surface area (Å²) in [6, 6.07) is 8.75. The Hall–Kier alpha value is -2.12. The van der Waals surface area contributed by atoms with Crippen molar-refractivity contribution in [1.82, 2.24) is 14.7 Å². The minimum absolute atomic E-state index is 0.0627. The van der Waals surface area contributed by atoms with Gasteiger partial charge in [0.05, 0.1) is 7.11 Å². The first kappa shape index (κ1) is 20.2. The molecule has 4 rings (SSSR count). The molecular formula is C22H32N4O3. The topological polar surface area (TPSA) is 57.6 Å². The summed E-state index contributed by atoms with van der Waals surface area (Å²) in [7, 11) is 5.90. The Morgan fingerprint density at radius 1 is 1.24 bits per heavy atom. The first-order chi connectivity index (χ1) is 14.0. The first-order valence-electron chi connectivity index (χ1n) is 10.5. The molecule has 0 aliphatic carbocycles. The van der Waals surface area contributed by atoms with Gasteiger partial charge in [-0.15, -0.1) is 0 Å². The summed E-state index contributed by atoms with van der Waals surface area (Å²) in [5.74, 6) is 0.935. The number of carbonyl (C=O) groups excluding carboxylic acids is 1. The smallest absolute Gasteiger partial charge is 0.271 e.